The van der Waals surface area contributed by atoms with Gasteiger partial charge in [0.05, 0.1) is 0 Å². The number of alkyl halides is 1. The number of rotatable bonds is 20. The van der Waals surface area contributed by atoms with E-state index in [1.165, 1.54) is 103 Å². The molecule has 2 fully saturated rings. The number of hydrogen-bond acceptors (Lipinski definition) is 4. The highest BCUT2D eigenvalue weighted by Gasteiger charge is 2.13. The summed E-state index contributed by atoms with van der Waals surface area (Å²) in [7, 11) is 0. The molecule has 0 saturated carbocycles. The first-order valence-corrected chi connectivity index (χ1v) is 18.3. The molecule has 5 heteroatoms. The Hall–Kier alpha value is -0.560. The normalized spacial score (nSPS) is 17.7. The lowest BCUT2D eigenvalue weighted by Gasteiger charge is -2.22. The molecule has 0 aromatic carbocycles. The lowest BCUT2D eigenvalue weighted by molar-refractivity contribution is -0.163. The van der Waals surface area contributed by atoms with Gasteiger partial charge in [-0.15, -0.1) is 24.2 Å². The van der Waals surface area contributed by atoms with Crippen LogP contribution in [0.25, 0.3) is 0 Å². The quantitative estimate of drug-likeness (QED) is 0.0742. The fraction of sp³-hybridized carbons (Fsp3) is 0.892. The molecule has 0 N–H and O–H groups in total. The molecular weight excluding hydrogens is 588 g/mol. The monoisotopic (exact) mass is 656 g/mol. The number of unbranched alkanes of at least 4 members (excludes halogenated alkanes) is 13. The smallest absolute Gasteiger partial charge is 0.157 e. The van der Waals surface area contributed by atoms with Gasteiger partial charge in [0, 0.05) is 51.0 Å². The number of halogens is 1. The molecule has 0 amide bonds. The minimum atomic E-state index is 0. The third-order valence-corrected chi connectivity index (χ3v) is 7.62. The third kappa shape index (κ3) is 33.9. The van der Waals surface area contributed by atoms with E-state index in [-0.39, 0.29) is 20.0 Å². The van der Waals surface area contributed by atoms with E-state index in [1.54, 1.807) is 0 Å². The molecule has 2 unspecified atom stereocenters. The summed E-state index contributed by atoms with van der Waals surface area (Å²) >= 11 is 3.41. The summed E-state index contributed by atoms with van der Waals surface area (Å²) in [4.78, 5) is 0. The van der Waals surface area contributed by atoms with E-state index in [9.17, 15) is 0 Å². The van der Waals surface area contributed by atoms with E-state index >= 15 is 0 Å². The van der Waals surface area contributed by atoms with Crippen LogP contribution in [0.4, 0.5) is 0 Å². The summed E-state index contributed by atoms with van der Waals surface area (Å²) < 4.78 is 22.3. The lowest BCUT2D eigenvalue weighted by Crippen LogP contribution is -2.22. The predicted octanol–water partition coefficient (Wildman–Crippen LogP) is 11.4. The van der Waals surface area contributed by atoms with E-state index < -0.39 is 0 Å². The van der Waals surface area contributed by atoms with Crippen molar-refractivity contribution in [1.29, 1.82) is 0 Å². The number of hydrogen-bond donors (Lipinski definition) is 0. The van der Waals surface area contributed by atoms with Crippen LogP contribution in [0, 0.1) is 24.2 Å². The zero-order valence-electron chi connectivity index (χ0n) is 27.0. The molecule has 0 aliphatic carbocycles. The molecule has 248 valence electrons. The first-order chi connectivity index (χ1) is 20.3. The van der Waals surface area contributed by atoms with Gasteiger partial charge in [-0.2, -0.15) is 0 Å². The second-order valence-electron chi connectivity index (χ2n) is 11.1. The Labute approximate surface area is 271 Å². The highest BCUT2D eigenvalue weighted by atomic mass is 79.9. The minimum Gasteiger partial charge on any atom is -0.353 e. The molecule has 2 aliphatic heterocycles. The van der Waals surface area contributed by atoms with Crippen LogP contribution < -0.4 is 0 Å². The molecule has 0 spiro atoms. The summed E-state index contributed by atoms with van der Waals surface area (Å²) in [6, 6.07) is 0. The van der Waals surface area contributed by atoms with Crippen molar-refractivity contribution in [3.8, 4) is 24.2 Å². The fourth-order valence-electron chi connectivity index (χ4n) is 4.45. The lowest BCUT2D eigenvalue weighted by atomic mass is 10.1. The predicted molar refractivity (Wildman–Crippen MR) is 186 cm³/mol. The van der Waals surface area contributed by atoms with Crippen molar-refractivity contribution in [1.82, 2.24) is 0 Å². The topological polar surface area (TPSA) is 36.9 Å². The average Bonchev–Trinajstić information content (AvgIpc) is 3.01. The standard InChI is InChI=1S/C18H32O2.C10H19BrO2.C8H14.CH4/c1-2-3-4-5-6-7-8-9-10-11-13-16-19-18-15-12-14-17-20-18;11-7-3-1-4-8-12-10-6-2-5-9-13-10;1-3-5-7-8-6-4-2;/h18H,2-6,9-17H2,1H3;10H,1-9H2;1H,4-8H2,2H3;1H4. The maximum Gasteiger partial charge on any atom is 0.157 e. The molecule has 2 atom stereocenters. The van der Waals surface area contributed by atoms with Crippen molar-refractivity contribution in [3.05, 3.63) is 0 Å². The van der Waals surface area contributed by atoms with Crippen LogP contribution in [0.5, 0.6) is 0 Å². The van der Waals surface area contributed by atoms with Crippen molar-refractivity contribution in [3.63, 3.8) is 0 Å². The van der Waals surface area contributed by atoms with Gasteiger partial charge in [0.25, 0.3) is 0 Å². The highest BCUT2D eigenvalue weighted by Crippen LogP contribution is 2.15. The second-order valence-corrected chi connectivity index (χ2v) is 11.9. The van der Waals surface area contributed by atoms with Crippen LogP contribution in [0.15, 0.2) is 0 Å². The largest absolute Gasteiger partial charge is 0.353 e. The molecule has 0 radical (unpaired) electrons. The van der Waals surface area contributed by atoms with E-state index in [1.807, 2.05) is 0 Å². The highest BCUT2D eigenvalue weighted by molar-refractivity contribution is 9.09. The number of terminal acetylenes is 1. The maximum atomic E-state index is 5.71. The van der Waals surface area contributed by atoms with Crippen molar-refractivity contribution in [2.45, 2.75) is 182 Å². The molecular formula is C37H69BrO4. The van der Waals surface area contributed by atoms with E-state index in [2.05, 4.69) is 47.5 Å². The molecule has 0 aromatic rings. The van der Waals surface area contributed by atoms with Gasteiger partial charge >= 0.3 is 0 Å². The zero-order chi connectivity index (χ0) is 29.9. The SMILES string of the molecule is BrCCCCCOC1CCCCO1.C.C#CCCCCCC.CCCCCCC#CCCCCCOC1CCCCO1. The van der Waals surface area contributed by atoms with Crippen LogP contribution in [0.1, 0.15) is 169 Å². The van der Waals surface area contributed by atoms with Crippen LogP contribution >= 0.6 is 15.9 Å². The van der Waals surface area contributed by atoms with E-state index in [0.717, 1.165) is 76.7 Å². The van der Waals surface area contributed by atoms with Crippen molar-refractivity contribution >= 4 is 15.9 Å². The summed E-state index contributed by atoms with van der Waals surface area (Å²) in [6.07, 6.45) is 33.0. The maximum absolute atomic E-state index is 5.71. The molecule has 42 heavy (non-hydrogen) atoms. The van der Waals surface area contributed by atoms with Gasteiger partial charge in [-0.25, -0.2) is 0 Å². The molecule has 4 nitrogen and oxygen atoms in total. The molecule has 2 saturated heterocycles. The zero-order valence-corrected chi connectivity index (χ0v) is 28.6. The Morgan fingerprint density at radius 2 is 1.07 bits per heavy atom. The minimum absolute atomic E-state index is 0. The number of ether oxygens (including phenoxy) is 4. The molecule has 0 aromatic heterocycles. The molecule has 2 rings (SSSR count). The second kappa shape index (κ2) is 38.5. The van der Waals surface area contributed by atoms with Crippen LogP contribution in [-0.2, 0) is 18.9 Å². The van der Waals surface area contributed by atoms with Gasteiger partial charge in [0.1, 0.15) is 0 Å². The summed E-state index contributed by atoms with van der Waals surface area (Å²) in [5, 5.41) is 1.10. The summed E-state index contributed by atoms with van der Waals surface area (Å²) in [5.41, 5.74) is 0. The van der Waals surface area contributed by atoms with Crippen LogP contribution in [0.3, 0.4) is 0 Å². The first-order valence-electron chi connectivity index (χ1n) is 17.2. The van der Waals surface area contributed by atoms with Gasteiger partial charge in [-0.05, 0) is 77.0 Å². The van der Waals surface area contributed by atoms with Crippen molar-refractivity contribution in [2.75, 3.05) is 31.8 Å². The van der Waals surface area contributed by atoms with Gasteiger partial charge in [-0.1, -0.05) is 88.6 Å². The average molecular weight is 658 g/mol. The Balaban J connectivity index is 0. The fourth-order valence-corrected chi connectivity index (χ4v) is 4.85. The Bertz CT molecular complexity index is 597. The molecule has 0 bridgehead atoms. The van der Waals surface area contributed by atoms with Crippen LogP contribution in [-0.4, -0.2) is 44.3 Å². The van der Waals surface area contributed by atoms with E-state index in [4.69, 9.17) is 25.4 Å². The van der Waals surface area contributed by atoms with Gasteiger partial charge in [-0.3, -0.25) is 0 Å². The third-order valence-electron chi connectivity index (χ3n) is 7.06. The van der Waals surface area contributed by atoms with Crippen molar-refractivity contribution in [2.24, 2.45) is 0 Å². The van der Waals surface area contributed by atoms with Gasteiger partial charge in [0.2, 0.25) is 0 Å². The Kier molecular flexibility index (Phi) is 39.9. The van der Waals surface area contributed by atoms with Gasteiger partial charge < -0.3 is 18.9 Å². The summed E-state index contributed by atoms with van der Waals surface area (Å²) in [5.74, 6) is 9.20. The van der Waals surface area contributed by atoms with E-state index in [0.29, 0.717) is 0 Å². The molecule has 2 aliphatic rings. The van der Waals surface area contributed by atoms with Crippen molar-refractivity contribution < 1.29 is 18.9 Å². The van der Waals surface area contributed by atoms with Gasteiger partial charge in [0.15, 0.2) is 12.6 Å². The Morgan fingerprint density at radius 1 is 0.619 bits per heavy atom. The molecule has 2 heterocycles. The summed E-state index contributed by atoms with van der Waals surface area (Å²) in [6.45, 7) is 7.91. The van der Waals surface area contributed by atoms with Crippen LogP contribution in [0.2, 0.25) is 0 Å². The first kappa shape index (κ1) is 43.6. The Morgan fingerprint density at radius 3 is 1.48 bits per heavy atom.